The van der Waals surface area contributed by atoms with Gasteiger partial charge in [0, 0.05) is 22.4 Å². The molecule has 0 saturated heterocycles. The molecule has 0 aromatic carbocycles. The van der Waals surface area contributed by atoms with Crippen molar-refractivity contribution in [2.24, 2.45) is 0 Å². The SMILES string of the molecule is COC(=O)CC(C)=O.[Ag]. The second-order valence-electron chi connectivity index (χ2n) is 1.45. The minimum absolute atomic E-state index is 0. The Morgan fingerprint density at radius 2 is 1.89 bits per heavy atom. The van der Waals surface area contributed by atoms with Crippen molar-refractivity contribution in [3.05, 3.63) is 0 Å². The number of hydrogen-bond acceptors (Lipinski definition) is 3. The molecule has 0 aromatic rings. The largest absolute Gasteiger partial charge is 0.469 e. The summed E-state index contributed by atoms with van der Waals surface area (Å²) in [4.78, 5) is 20.3. The molecule has 0 unspecified atom stereocenters. The Labute approximate surface area is 69.3 Å². The van der Waals surface area contributed by atoms with E-state index >= 15 is 0 Å². The summed E-state index contributed by atoms with van der Waals surface area (Å²) in [6.07, 6.45) is -0.115. The third-order valence-electron chi connectivity index (χ3n) is 0.621. The fraction of sp³-hybridized carbons (Fsp3) is 0.600. The van der Waals surface area contributed by atoms with Gasteiger partial charge in [-0.05, 0) is 6.92 Å². The summed E-state index contributed by atoms with van der Waals surface area (Å²) >= 11 is 0. The van der Waals surface area contributed by atoms with Crippen LogP contribution < -0.4 is 0 Å². The number of carbonyl (C=O) groups excluding carboxylic acids is 2. The Balaban J connectivity index is 0. The molecule has 0 fully saturated rings. The predicted octanol–water partition coefficient (Wildman–Crippen LogP) is 0.136. The predicted molar refractivity (Wildman–Crippen MR) is 27.3 cm³/mol. The maximum Gasteiger partial charge on any atom is 0.313 e. The van der Waals surface area contributed by atoms with Gasteiger partial charge in [-0.2, -0.15) is 0 Å². The van der Waals surface area contributed by atoms with E-state index in [-0.39, 0.29) is 34.6 Å². The fourth-order valence-electron chi connectivity index (χ4n) is 0.275. The topological polar surface area (TPSA) is 43.4 Å². The third-order valence-corrected chi connectivity index (χ3v) is 0.621. The molecule has 0 amide bonds. The maximum atomic E-state index is 10.2. The van der Waals surface area contributed by atoms with Crippen molar-refractivity contribution in [1.82, 2.24) is 0 Å². The number of methoxy groups -OCH3 is 1. The van der Waals surface area contributed by atoms with Crippen molar-refractivity contribution in [2.45, 2.75) is 13.3 Å². The van der Waals surface area contributed by atoms with Gasteiger partial charge in [0.05, 0.1) is 7.11 Å². The quantitative estimate of drug-likeness (QED) is 0.380. The number of ether oxygens (including phenoxy) is 1. The van der Waals surface area contributed by atoms with Crippen LogP contribution in [-0.4, -0.2) is 18.9 Å². The van der Waals surface area contributed by atoms with Gasteiger partial charge in [-0.15, -0.1) is 0 Å². The van der Waals surface area contributed by atoms with E-state index in [0.717, 1.165) is 0 Å². The first-order valence-corrected chi connectivity index (χ1v) is 2.23. The van der Waals surface area contributed by atoms with Gasteiger partial charge >= 0.3 is 5.97 Å². The zero-order chi connectivity index (χ0) is 6.57. The summed E-state index contributed by atoms with van der Waals surface area (Å²) in [6.45, 7) is 1.34. The number of hydrogen-bond donors (Lipinski definition) is 0. The van der Waals surface area contributed by atoms with Crippen LogP contribution >= 0.6 is 0 Å². The summed E-state index contributed by atoms with van der Waals surface area (Å²) in [5.74, 6) is -0.644. The summed E-state index contributed by atoms with van der Waals surface area (Å²) in [5.41, 5.74) is 0. The molecule has 0 N–H and O–H groups in total. The number of Topliss-reactive ketones (excluding diaryl/α,β-unsaturated/α-hetero) is 1. The molecule has 0 aliphatic rings. The van der Waals surface area contributed by atoms with Crippen LogP contribution in [0.1, 0.15) is 13.3 Å². The molecule has 0 bridgehead atoms. The van der Waals surface area contributed by atoms with Gasteiger partial charge in [0.25, 0.3) is 0 Å². The van der Waals surface area contributed by atoms with Crippen LogP contribution in [0, 0.1) is 0 Å². The Morgan fingerprint density at radius 3 is 2.00 bits per heavy atom. The van der Waals surface area contributed by atoms with Crippen molar-refractivity contribution in [2.75, 3.05) is 7.11 Å². The second-order valence-corrected chi connectivity index (χ2v) is 1.45. The summed E-state index contributed by atoms with van der Waals surface area (Å²) in [7, 11) is 1.26. The number of esters is 1. The van der Waals surface area contributed by atoms with E-state index in [4.69, 9.17) is 0 Å². The van der Waals surface area contributed by atoms with Gasteiger partial charge in [0.2, 0.25) is 0 Å². The Bertz CT molecular complexity index is 111. The fourth-order valence-corrected chi connectivity index (χ4v) is 0.275. The summed E-state index contributed by atoms with van der Waals surface area (Å²) in [5, 5.41) is 0. The van der Waals surface area contributed by atoms with Crippen LogP contribution in [0.4, 0.5) is 0 Å². The van der Waals surface area contributed by atoms with Gasteiger partial charge in [0.15, 0.2) is 0 Å². The normalized spacial score (nSPS) is 7.33. The van der Waals surface area contributed by atoms with Gasteiger partial charge in [0.1, 0.15) is 12.2 Å². The van der Waals surface area contributed by atoms with Crippen molar-refractivity contribution in [3.63, 3.8) is 0 Å². The summed E-state index contributed by atoms with van der Waals surface area (Å²) in [6, 6.07) is 0. The van der Waals surface area contributed by atoms with Crippen molar-refractivity contribution in [3.8, 4) is 0 Å². The molecule has 0 aliphatic heterocycles. The van der Waals surface area contributed by atoms with Gasteiger partial charge in [-0.1, -0.05) is 0 Å². The van der Waals surface area contributed by atoms with Crippen molar-refractivity contribution >= 4 is 11.8 Å². The molecule has 0 saturated carbocycles. The van der Waals surface area contributed by atoms with Crippen LogP contribution in [0.15, 0.2) is 0 Å². The zero-order valence-electron chi connectivity index (χ0n) is 5.23. The third kappa shape index (κ3) is 7.88. The van der Waals surface area contributed by atoms with E-state index in [2.05, 4.69) is 4.74 Å². The average molecular weight is 224 g/mol. The van der Waals surface area contributed by atoms with E-state index in [1.807, 2.05) is 0 Å². The van der Waals surface area contributed by atoms with Gasteiger partial charge in [-0.25, -0.2) is 0 Å². The number of carbonyl (C=O) groups is 2. The Hall–Kier alpha value is -0.120. The molecular formula is C5H8AgO3. The molecule has 0 spiro atoms. The monoisotopic (exact) mass is 223 g/mol. The maximum absolute atomic E-state index is 10.2. The van der Waals surface area contributed by atoms with Gasteiger partial charge in [-0.3, -0.25) is 9.59 Å². The second kappa shape index (κ2) is 6.01. The van der Waals surface area contributed by atoms with Crippen LogP contribution in [0.3, 0.4) is 0 Å². The van der Waals surface area contributed by atoms with E-state index in [1.165, 1.54) is 14.0 Å². The molecular weight excluding hydrogens is 216 g/mol. The molecule has 57 valence electrons. The molecule has 0 atom stereocenters. The van der Waals surface area contributed by atoms with E-state index < -0.39 is 5.97 Å². The first-order valence-electron chi connectivity index (χ1n) is 2.23. The van der Waals surface area contributed by atoms with E-state index in [1.54, 1.807) is 0 Å². The number of rotatable bonds is 2. The summed E-state index contributed by atoms with van der Waals surface area (Å²) < 4.78 is 4.20. The van der Waals surface area contributed by atoms with E-state index in [9.17, 15) is 9.59 Å². The van der Waals surface area contributed by atoms with Crippen LogP contribution in [0.2, 0.25) is 0 Å². The zero-order valence-corrected chi connectivity index (χ0v) is 6.72. The van der Waals surface area contributed by atoms with Gasteiger partial charge < -0.3 is 4.74 Å². The smallest absolute Gasteiger partial charge is 0.313 e. The molecule has 1 radical (unpaired) electrons. The molecule has 3 nitrogen and oxygen atoms in total. The van der Waals surface area contributed by atoms with Crippen LogP contribution in [-0.2, 0) is 36.7 Å². The Kier molecular flexibility index (Phi) is 7.78. The first kappa shape index (κ1) is 11.6. The Morgan fingerprint density at radius 1 is 1.44 bits per heavy atom. The minimum atomic E-state index is -0.475. The molecule has 9 heavy (non-hydrogen) atoms. The van der Waals surface area contributed by atoms with Crippen LogP contribution in [0.25, 0.3) is 0 Å². The molecule has 0 rings (SSSR count). The first-order chi connectivity index (χ1) is 3.66. The molecule has 4 heteroatoms. The van der Waals surface area contributed by atoms with Crippen LogP contribution in [0.5, 0.6) is 0 Å². The van der Waals surface area contributed by atoms with E-state index in [0.29, 0.717) is 0 Å². The van der Waals surface area contributed by atoms with Crippen molar-refractivity contribution < 1.29 is 36.7 Å². The average Bonchev–Trinajstić information content (AvgIpc) is 1.65. The molecule has 0 heterocycles. The standard InChI is InChI=1S/C5H8O3.Ag/c1-4(6)3-5(7)8-2;/h3H2,1-2H3;. The molecule has 0 aromatic heterocycles. The minimum Gasteiger partial charge on any atom is -0.469 e. The van der Waals surface area contributed by atoms with Crippen molar-refractivity contribution in [1.29, 1.82) is 0 Å². The molecule has 0 aliphatic carbocycles. The number of ketones is 1.